The molecular formula is C11H12F3NO4. The van der Waals surface area contributed by atoms with Crippen molar-refractivity contribution < 1.29 is 32.2 Å². The molecule has 1 aromatic rings. The lowest BCUT2D eigenvalue weighted by atomic mass is 10.1. The van der Waals surface area contributed by atoms with Gasteiger partial charge in [0.2, 0.25) is 0 Å². The van der Waals surface area contributed by atoms with Crippen LogP contribution in [0.25, 0.3) is 0 Å². The minimum atomic E-state index is -4.91. The van der Waals surface area contributed by atoms with Gasteiger partial charge in [-0.2, -0.15) is 0 Å². The van der Waals surface area contributed by atoms with E-state index in [0.717, 1.165) is 13.3 Å². The number of rotatable bonds is 4. The smallest absolute Gasteiger partial charge is 0.478 e. The van der Waals surface area contributed by atoms with E-state index in [-0.39, 0.29) is 23.6 Å². The quantitative estimate of drug-likeness (QED) is 0.792. The van der Waals surface area contributed by atoms with Crippen LogP contribution in [-0.2, 0) is 4.74 Å². The van der Waals surface area contributed by atoms with Crippen LogP contribution in [0.4, 0.5) is 13.2 Å². The average Bonchev–Trinajstić information content (AvgIpc) is 2.30. The Morgan fingerprint density at radius 1 is 1.42 bits per heavy atom. The summed E-state index contributed by atoms with van der Waals surface area (Å²) in [5.41, 5.74) is -0.162. The van der Waals surface area contributed by atoms with Crippen LogP contribution in [0.5, 0.6) is 11.6 Å². The normalized spacial score (nSPS) is 11.1. The van der Waals surface area contributed by atoms with Crippen LogP contribution >= 0.6 is 0 Å². The zero-order valence-electron chi connectivity index (χ0n) is 10.5. The first-order valence-corrected chi connectivity index (χ1v) is 5.26. The second kappa shape index (κ2) is 5.77. The summed E-state index contributed by atoms with van der Waals surface area (Å²) < 4.78 is 50.1. The maximum absolute atomic E-state index is 12.3. The molecule has 5 nitrogen and oxygen atoms in total. The molecule has 0 atom stereocenters. The van der Waals surface area contributed by atoms with Crippen LogP contribution in [-0.4, -0.2) is 31.0 Å². The van der Waals surface area contributed by atoms with E-state index in [0.29, 0.717) is 0 Å². The number of halogens is 3. The number of nitrogens with zero attached hydrogens (tertiary/aromatic N) is 1. The van der Waals surface area contributed by atoms with E-state index in [2.05, 4.69) is 14.5 Å². The van der Waals surface area contributed by atoms with E-state index >= 15 is 0 Å². The van der Waals surface area contributed by atoms with Crippen LogP contribution in [0.2, 0.25) is 0 Å². The highest BCUT2D eigenvalue weighted by Gasteiger charge is 2.34. The van der Waals surface area contributed by atoms with Gasteiger partial charge < -0.3 is 14.2 Å². The molecule has 0 saturated heterocycles. The molecule has 0 spiro atoms. The van der Waals surface area contributed by atoms with Gasteiger partial charge in [-0.1, -0.05) is 0 Å². The lowest BCUT2D eigenvalue weighted by Crippen LogP contribution is -2.20. The fourth-order valence-electron chi connectivity index (χ4n) is 1.36. The molecule has 0 saturated carbocycles. The molecular weight excluding hydrogens is 267 g/mol. The molecule has 0 bridgehead atoms. The number of carbonyl (C=O) groups excluding carboxylic acids is 1. The monoisotopic (exact) mass is 279 g/mol. The van der Waals surface area contributed by atoms with E-state index < -0.39 is 18.1 Å². The molecule has 0 fully saturated rings. The Bertz CT molecular complexity index is 474. The summed E-state index contributed by atoms with van der Waals surface area (Å²) in [5.74, 6) is -1.79. The Kier molecular flexibility index (Phi) is 4.57. The predicted octanol–water partition coefficient (Wildman–Crippen LogP) is 2.47. The first-order valence-electron chi connectivity index (χ1n) is 5.26. The Hall–Kier alpha value is -1.99. The second-order valence-electron chi connectivity index (χ2n) is 3.40. The van der Waals surface area contributed by atoms with Gasteiger partial charge in [-0.15, -0.1) is 13.2 Å². The third-order valence-corrected chi connectivity index (χ3v) is 2.16. The molecule has 0 aromatic carbocycles. The topological polar surface area (TPSA) is 57.7 Å². The van der Waals surface area contributed by atoms with Gasteiger partial charge >= 0.3 is 12.3 Å². The van der Waals surface area contributed by atoms with Crippen molar-refractivity contribution in [3.8, 4) is 11.6 Å². The van der Waals surface area contributed by atoms with Crippen LogP contribution < -0.4 is 9.47 Å². The summed E-state index contributed by atoms with van der Waals surface area (Å²) in [4.78, 5) is 15.1. The van der Waals surface area contributed by atoms with Gasteiger partial charge in [-0.25, -0.2) is 9.78 Å². The molecule has 106 valence electrons. The van der Waals surface area contributed by atoms with E-state index in [1.807, 2.05) is 0 Å². The molecule has 1 rings (SSSR count). The average molecular weight is 279 g/mol. The molecule has 0 aliphatic heterocycles. The van der Waals surface area contributed by atoms with E-state index in [9.17, 15) is 18.0 Å². The highest BCUT2D eigenvalue weighted by atomic mass is 19.4. The Morgan fingerprint density at radius 3 is 2.53 bits per heavy atom. The maximum atomic E-state index is 12.3. The van der Waals surface area contributed by atoms with Crippen molar-refractivity contribution in [2.45, 2.75) is 20.2 Å². The summed E-state index contributed by atoms with van der Waals surface area (Å²) in [6.07, 6.45) is -3.83. The third kappa shape index (κ3) is 3.73. The lowest BCUT2D eigenvalue weighted by molar-refractivity contribution is -0.275. The zero-order valence-corrected chi connectivity index (χ0v) is 10.5. The Balaban J connectivity index is 3.25. The van der Waals surface area contributed by atoms with Crippen LogP contribution in [0.1, 0.15) is 22.8 Å². The fourth-order valence-corrected chi connectivity index (χ4v) is 1.36. The molecule has 0 unspecified atom stereocenters. The van der Waals surface area contributed by atoms with Crippen LogP contribution in [0, 0.1) is 6.92 Å². The molecule has 19 heavy (non-hydrogen) atoms. The summed E-state index contributed by atoms with van der Waals surface area (Å²) in [7, 11) is 1.15. The summed E-state index contributed by atoms with van der Waals surface area (Å²) in [5, 5.41) is 0. The van der Waals surface area contributed by atoms with E-state index in [1.165, 1.54) is 6.92 Å². The molecule has 1 aromatic heterocycles. The van der Waals surface area contributed by atoms with E-state index in [1.54, 1.807) is 6.92 Å². The zero-order chi connectivity index (χ0) is 14.6. The molecule has 8 heteroatoms. The summed E-state index contributed by atoms with van der Waals surface area (Å²) >= 11 is 0. The molecule has 0 aliphatic carbocycles. The summed E-state index contributed by atoms with van der Waals surface area (Å²) in [6.45, 7) is 2.97. The van der Waals surface area contributed by atoms with Gasteiger partial charge in [0.1, 0.15) is 0 Å². The van der Waals surface area contributed by atoms with Crippen molar-refractivity contribution in [2.24, 2.45) is 0 Å². The van der Waals surface area contributed by atoms with Crippen LogP contribution in [0.15, 0.2) is 6.20 Å². The third-order valence-electron chi connectivity index (χ3n) is 2.16. The van der Waals surface area contributed by atoms with Gasteiger partial charge in [0.25, 0.3) is 5.88 Å². The van der Waals surface area contributed by atoms with Crippen molar-refractivity contribution >= 4 is 5.97 Å². The number of hydrogen-bond donors (Lipinski definition) is 0. The van der Waals surface area contributed by atoms with Gasteiger partial charge in [-0.3, -0.25) is 0 Å². The van der Waals surface area contributed by atoms with Gasteiger partial charge in [0.15, 0.2) is 5.75 Å². The predicted molar refractivity (Wildman–Crippen MR) is 58.2 cm³/mol. The number of aromatic nitrogens is 1. The highest BCUT2D eigenvalue weighted by Crippen LogP contribution is 2.35. The number of hydrogen-bond acceptors (Lipinski definition) is 5. The Morgan fingerprint density at radius 2 is 2.05 bits per heavy atom. The van der Waals surface area contributed by atoms with Crippen molar-refractivity contribution in [3.05, 3.63) is 17.3 Å². The molecule has 1 heterocycles. The fraction of sp³-hybridized carbons (Fsp3) is 0.455. The van der Waals surface area contributed by atoms with Crippen LogP contribution in [0.3, 0.4) is 0 Å². The molecule has 0 amide bonds. The largest absolute Gasteiger partial charge is 0.573 e. The number of ether oxygens (including phenoxy) is 3. The number of alkyl halides is 3. The first kappa shape index (κ1) is 15.1. The van der Waals surface area contributed by atoms with Gasteiger partial charge in [-0.05, 0) is 13.8 Å². The SMILES string of the molecule is CCOC(=O)c1cnc(OC)c(OC(F)(F)F)c1C. The Labute approximate surface area is 107 Å². The number of carbonyl (C=O) groups is 1. The van der Waals surface area contributed by atoms with Crippen molar-refractivity contribution in [1.29, 1.82) is 0 Å². The minimum Gasteiger partial charge on any atom is -0.478 e. The highest BCUT2D eigenvalue weighted by molar-refractivity contribution is 5.91. The number of pyridine rings is 1. The van der Waals surface area contributed by atoms with Gasteiger partial charge in [0.05, 0.1) is 19.3 Å². The molecule has 0 N–H and O–H groups in total. The first-order chi connectivity index (χ1) is 8.80. The second-order valence-corrected chi connectivity index (χ2v) is 3.40. The van der Waals surface area contributed by atoms with Crippen molar-refractivity contribution in [2.75, 3.05) is 13.7 Å². The number of esters is 1. The standard InChI is InChI=1S/C11H12F3NO4/c1-4-18-10(16)7-5-15-9(17-3)8(6(7)2)19-11(12,13)14/h5H,4H2,1-3H3. The molecule has 0 aliphatic rings. The molecule has 0 radical (unpaired) electrons. The lowest BCUT2D eigenvalue weighted by Gasteiger charge is -2.15. The van der Waals surface area contributed by atoms with E-state index in [4.69, 9.17) is 4.74 Å². The number of methoxy groups -OCH3 is 1. The minimum absolute atomic E-state index is 0.0531. The maximum Gasteiger partial charge on any atom is 0.573 e. The van der Waals surface area contributed by atoms with Crippen molar-refractivity contribution in [3.63, 3.8) is 0 Å². The van der Waals surface area contributed by atoms with Gasteiger partial charge in [0, 0.05) is 11.8 Å². The van der Waals surface area contributed by atoms with Crippen molar-refractivity contribution in [1.82, 2.24) is 4.98 Å². The summed E-state index contributed by atoms with van der Waals surface area (Å²) in [6, 6.07) is 0.